The van der Waals surface area contributed by atoms with E-state index >= 15 is 0 Å². The second-order valence-electron chi connectivity index (χ2n) is 3.87. The predicted molar refractivity (Wildman–Crippen MR) is 74.5 cm³/mol. The number of nitrogens with zero attached hydrogens (tertiary/aromatic N) is 1. The lowest BCUT2D eigenvalue weighted by Crippen LogP contribution is -1.93. The molecule has 3 nitrogen and oxygen atoms in total. The minimum absolute atomic E-state index is 0.419. The highest BCUT2D eigenvalue weighted by Crippen LogP contribution is 2.29. The normalized spacial score (nSPS) is 9.83. The first-order valence-corrected chi connectivity index (χ1v) is 6.13. The van der Waals surface area contributed by atoms with E-state index in [2.05, 4.69) is 15.9 Å². The zero-order valence-corrected chi connectivity index (χ0v) is 11.4. The summed E-state index contributed by atoms with van der Waals surface area (Å²) in [6.45, 7) is 1.97. The molecular weight excluding hydrogens is 292 g/mol. The average Bonchev–Trinajstić information content (AvgIpc) is 2.34. The van der Waals surface area contributed by atoms with Crippen LogP contribution in [0.2, 0.25) is 0 Å². The molecule has 2 N–H and O–H groups in total. The van der Waals surface area contributed by atoms with E-state index in [-0.39, 0.29) is 0 Å². The fourth-order valence-electron chi connectivity index (χ4n) is 1.52. The van der Waals surface area contributed by atoms with Crippen LogP contribution < -0.4 is 10.5 Å². The van der Waals surface area contributed by atoms with Crippen LogP contribution >= 0.6 is 15.9 Å². The van der Waals surface area contributed by atoms with Gasteiger partial charge in [-0.25, -0.2) is 0 Å². The van der Waals surface area contributed by atoms with E-state index in [1.54, 1.807) is 18.2 Å². The van der Waals surface area contributed by atoms with Crippen molar-refractivity contribution in [3.8, 4) is 17.6 Å². The molecular formula is C14H11BrN2O. The van der Waals surface area contributed by atoms with E-state index in [0.29, 0.717) is 17.0 Å². The Morgan fingerprint density at radius 2 is 2.00 bits per heavy atom. The summed E-state index contributed by atoms with van der Waals surface area (Å²) >= 11 is 3.40. The van der Waals surface area contributed by atoms with Gasteiger partial charge in [0.2, 0.25) is 0 Å². The first-order chi connectivity index (χ1) is 8.60. The molecule has 2 rings (SSSR count). The smallest absolute Gasteiger partial charge is 0.131 e. The van der Waals surface area contributed by atoms with Gasteiger partial charge in [-0.05, 0) is 36.8 Å². The standard InChI is InChI=1S/C14H11BrN2O/c1-9-2-4-11(15)6-14(9)18-12-5-3-10(8-16)13(17)7-12/h2-7H,17H2,1H3. The Morgan fingerprint density at radius 1 is 1.22 bits per heavy atom. The second kappa shape index (κ2) is 5.11. The van der Waals surface area contributed by atoms with Gasteiger partial charge in [0.15, 0.2) is 0 Å². The summed E-state index contributed by atoms with van der Waals surface area (Å²) in [6.07, 6.45) is 0. The third kappa shape index (κ3) is 2.63. The molecule has 0 heterocycles. The van der Waals surface area contributed by atoms with Gasteiger partial charge in [-0.3, -0.25) is 0 Å². The van der Waals surface area contributed by atoms with Gasteiger partial charge in [0, 0.05) is 10.5 Å². The molecule has 18 heavy (non-hydrogen) atoms. The van der Waals surface area contributed by atoms with Gasteiger partial charge in [0.05, 0.1) is 11.3 Å². The summed E-state index contributed by atoms with van der Waals surface area (Å²) in [5, 5.41) is 8.80. The third-order valence-corrected chi connectivity index (χ3v) is 3.01. The van der Waals surface area contributed by atoms with Crippen LogP contribution in [0.4, 0.5) is 5.69 Å². The van der Waals surface area contributed by atoms with Crippen LogP contribution in [0.5, 0.6) is 11.5 Å². The molecule has 90 valence electrons. The molecule has 2 aromatic carbocycles. The summed E-state index contributed by atoms with van der Waals surface area (Å²) in [6, 6.07) is 12.9. The predicted octanol–water partition coefficient (Wildman–Crippen LogP) is 4.00. The molecule has 0 bridgehead atoms. The lowest BCUT2D eigenvalue weighted by Gasteiger charge is -2.10. The molecule has 0 radical (unpaired) electrons. The number of benzene rings is 2. The fraction of sp³-hybridized carbons (Fsp3) is 0.0714. The number of aryl methyl sites for hydroxylation is 1. The highest BCUT2D eigenvalue weighted by Gasteiger charge is 2.05. The third-order valence-electron chi connectivity index (χ3n) is 2.52. The zero-order valence-electron chi connectivity index (χ0n) is 9.77. The molecule has 0 atom stereocenters. The summed E-state index contributed by atoms with van der Waals surface area (Å²) in [5.41, 5.74) is 7.64. The van der Waals surface area contributed by atoms with Crippen LogP contribution in [0, 0.1) is 18.3 Å². The van der Waals surface area contributed by atoms with E-state index in [9.17, 15) is 0 Å². The average molecular weight is 303 g/mol. The quantitative estimate of drug-likeness (QED) is 0.853. The highest BCUT2D eigenvalue weighted by atomic mass is 79.9. The van der Waals surface area contributed by atoms with Gasteiger partial charge >= 0.3 is 0 Å². The molecule has 0 unspecified atom stereocenters. The van der Waals surface area contributed by atoms with Crippen molar-refractivity contribution in [2.45, 2.75) is 6.92 Å². The summed E-state index contributed by atoms with van der Waals surface area (Å²) in [7, 11) is 0. The monoisotopic (exact) mass is 302 g/mol. The van der Waals surface area contributed by atoms with Gasteiger partial charge in [-0.2, -0.15) is 5.26 Å². The SMILES string of the molecule is Cc1ccc(Br)cc1Oc1ccc(C#N)c(N)c1. The van der Waals surface area contributed by atoms with Crippen LogP contribution in [0.15, 0.2) is 40.9 Å². The maximum atomic E-state index is 8.80. The maximum Gasteiger partial charge on any atom is 0.131 e. The van der Waals surface area contributed by atoms with Crippen molar-refractivity contribution < 1.29 is 4.74 Å². The van der Waals surface area contributed by atoms with Gasteiger partial charge in [0.25, 0.3) is 0 Å². The van der Waals surface area contributed by atoms with E-state index < -0.39 is 0 Å². The Labute approximate surface area is 114 Å². The van der Waals surface area contributed by atoms with Crippen molar-refractivity contribution in [3.05, 3.63) is 52.0 Å². The molecule has 0 aliphatic carbocycles. The molecule has 0 fully saturated rings. The highest BCUT2D eigenvalue weighted by molar-refractivity contribution is 9.10. The van der Waals surface area contributed by atoms with Crippen molar-refractivity contribution in [3.63, 3.8) is 0 Å². The van der Waals surface area contributed by atoms with Crippen molar-refractivity contribution >= 4 is 21.6 Å². The van der Waals surface area contributed by atoms with Crippen LogP contribution in [0.25, 0.3) is 0 Å². The Bertz CT molecular complexity index is 632. The molecule has 0 aliphatic rings. The molecule has 4 heteroatoms. The number of anilines is 1. The topological polar surface area (TPSA) is 59.0 Å². The van der Waals surface area contributed by atoms with E-state index in [4.69, 9.17) is 15.7 Å². The summed E-state index contributed by atoms with van der Waals surface area (Å²) in [4.78, 5) is 0. The lowest BCUT2D eigenvalue weighted by atomic mass is 10.2. The van der Waals surface area contributed by atoms with Gasteiger partial charge < -0.3 is 10.5 Å². The molecule has 0 saturated heterocycles. The van der Waals surface area contributed by atoms with Crippen molar-refractivity contribution in [2.75, 3.05) is 5.73 Å². The maximum absolute atomic E-state index is 8.80. The Morgan fingerprint density at radius 3 is 2.67 bits per heavy atom. The molecule has 2 aromatic rings. The Kier molecular flexibility index (Phi) is 3.54. The van der Waals surface area contributed by atoms with Gasteiger partial charge in [-0.1, -0.05) is 22.0 Å². The van der Waals surface area contributed by atoms with Crippen LogP contribution in [-0.2, 0) is 0 Å². The van der Waals surface area contributed by atoms with Crippen molar-refractivity contribution in [1.29, 1.82) is 5.26 Å². The van der Waals surface area contributed by atoms with Crippen LogP contribution in [-0.4, -0.2) is 0 Å². The lowest BCUT2D eigenvalue weighted by molar-refractivity contribution is 0.479. The number of nitrogens with two attached hydrogens (primary N) is 1. The van der Waals surface area contributed by atoms with E-state index in [1.165, 1.54) is 0 Å². The van der Waals surface area contributed by atoms with Gasteiger partial charge in [0.1, 0.15) is 17.6 Å². The Balaban J connectivity index is 2.32. The summed E-state index contributed by atoms with van der Waals surface area (Å²) in [5.74, 6) is 1.38. The second-order valence-corrected chi connectivity index (χ2v) is 4.79. The first-order valence-electron chi connectivity index (χ1n) is 5.34. The van der Waals surface area contributed by atoms with E-state index in [0.717, 1.165) is 15.8 Å². The van der Waals surface area contributed by atoms with E-state index in [1.807, 2.05) is 31.2 Å². The number of halogens is 1. The minimum atomic E-state index is 0.419. The molecule has 0 spiro atoms. The number of hydrogen-bond acceptors (Lipinski definition) is 3. The zero-order chi connectivity index (χ0) is 13.1. The van der Waals surface area contributed by atoms with Crippen molar-refractivity contribution in [1.82, 2.24) is 0 Å². The van der Waals surface area contributed by atoms with Gasteiger partial charge in [-0.15, -0.1) is 0 Å². The number of ether oxygens (including phenoxy) is 1. The Hall–Kier alpha value is -1.99. The van der Waals surface area contributed by atoms with Crippen LogP contribution in [0.1, 0.15) is 11.1 Å². The molecule has 0 saturated carbocycles. The number of hydrogen-bond donors (Lipinski definition) is 1. The molecule has 0 aliphatic heterocycles. The molecule has 0 amide bonds. The number of nitrogen functional groups attached to an aromatic ring is 1. The number of rotatable bonds is 2. The first kappa shape index (κ1) is 12.5. The summed E-state index contributed by atoms with van der Waals surface area (Å²) < 4.78 is 6.70. The fourth-order valence-corrected chi connectivity index (χ4v) is 1.86. The minimum Gasteiger partial charge on any atom is -0.457 e. The number of nitriles is 1. The largest absolute Gasteiger partial charge is 0.457 e. The van der Waals surface area contributed by atoms with Crippen molar-refractivity contribution in [2.24, 2.45) is 0 Å². The van der Waals surface area contributed by atoms with Crippen LogP contribution in [0.3, 0.4) is 0 Å². The molecule has 0 aromatic heterocycles.